The summed E-state index contributed by atoms with van der Waals surface area (Å²) < 4.78 is 0. The summed E-state index contributed by atoms with van der Waals surface area (Å²) in [7, 11) is 0. The molecule has 0 radical (unpaired) electrons. The van der Waals surface area contributed by atoms with Crippen LogP contribution >= 0.6 is 0 Å². The Morgan fingerprint density at radius 2 is 1.72 bits per heavy atom. The maximum atomic E-state index is 11.2. The smallest absolute Gasteiger partial charge is 0.322 e. The second-order valence-electron chi connectivity index (χ2n) is 5.27. The second-order valence-corrected chi connectivity index (χ2v) is 5.27. The van der Waals surface area contributed by atoms with E-state index in [1.807, 2.05) is 6.92 Å². The Morgan fingerprint density at radius 1 is 1.17 bits per heavy atom. The van der Waals surface area contributed by atoms with Crippen molar-refractivity contribution in [2.75, 3.05) is 19.6 Å². The monoisotopic (exact) mass is 258 g/mol. The zero-order valence-electron chi connectivity index (χ0n) is 12.6. The van der Waals surface area contributed by atoms with E-state index in [1.165, 1.54) is 0 Å². The van der Waals surface area contributed by atoms with Crippen molar-refractivity contribution in [2.24, 2.45) is 5.92 Å². The van der Waals surface area contributed by atoms with E-state index in [0.717, 1.165) is 19.4 Å². The lowest BCUT2D eigenvalue weighted by Gasteiger charge is -2.34. The molecule has 0 heterocycles. The Morgan fingerprint density at radius 3 is 2.06 bits per heavy atom. The summed E-state index contributed by atoms with van der Waals surface area (Å²) >= 11 is 0. The van der Waals surface area contributed by atoms with Gasteiger partial charge in [0.15, 0.2) is 0 Å². The van der Waals surface area contributed by atoms with Crippen LogP contribution in [0.5, 0.6) is 0 Å². The number of hydrogen-bond donors (Lipinski definition) is 2. The molecule has 4 nitrogen and oxygen atoms in total. The quantitative estimate of drug-likeness (QED) is 0.631. The molecule has 0 saturated carbocycles. The lowest BCUT2D eigenvalue weighted by Crippen LogP contribution is -2.50. The summed E-state index contributed by atoms with van der Waals surface area (Å²) in [6, 6.07) is 0.0160. The summed E-state index contributed by atoms with van der Waals surface area (Å²) in [5.74, 6) is -0.196. The molecule has 0 aromatic rings. The molecule has 0 bridgehead atoms. The third-order valence-corrected chi connectivity index (χ3v) is 3.22. The summed E-state index contributed by atoms with van der Waals surface area (Å²) in [5, 5.41) is 12.3. The van der Waals surface area contributed by atoms with Gasteiger partial charge in [-0.2, -0.15) is 0 Å². The fraction of sp³-hybridized carbons (Fsp3) is 0.929. The molecule has 0 spiro atoms. The highest BCUT2D eigenvalue weighted by molar-refractivity contribution is 5.73. The van der Waals surface area contributed by atoms with Crippen LogP contribution in [0.15, 0.2) is 0 Å². The number of hydrogen-bond acceptors (Lipinski definition) is 3. The molecule has 108 valence electrons. The van der Waals surface area contributed by atoms with Gasteiger partial charge in [-0.15, -0.1) is 0 Å². The lowest BCUT2D eigenvalue weighted by molar-refractivity contribution is -0.140. The standard InChI is InChI=1S/C14H30N2O2/c1-6-12(7-2)16(9-11(4)5)10-13(14(17)18)15-8-3/h11-13,15H,6-10H2,1-5H3,(H,17,18). The van der Waals surface area contributed by atoms with Gasteiger partial charge in [0.1, 0.15) is 6.04 Å². The van der Waals surface area contributed by atoms with Crippen molar-refractivity contribution in [3.8, 4) is 0 Å². The number of carboxylic acid groups (broad SMARTS) is 1. The van der Waals surface area contributed by atoms with Gasteiger partial charge in [-0.05, 0) is 25.3 Å². The van der Waals surface area contributed by atoms with E-state index in [0.29, 0.717) is 25.0 Å². The van der Waals surface area contributed by atoms with Gasteiger partial charge >= 0.3 is 5.97 Å². The van der Waals surface area contributed by atoms with Crippen molar-refractivity contribution in [2.45, 2.75) is 59.5 Å². The molecule has 0 fully saturated rings. The molecule has 2 N–H and O–H groups in total. The zero-order chi connectivity index (χ0) is 14.1. The molecule has 0 aliphatic heterocycles. The lowest BCUT2D eigenvalue weighted by atomic mass is 10.1. The highest BCUT2D eigenvalue weighted by Gasteiger charge is 2.24. The highest BCUT2D eigenvalue weighted by atomic mass is 16.4. The van der Waals surface area contributed by atoms with Crippen molar-refractivity contribution in [3.63, 3.8) is 0 Å². The van der Waals surface area contributed by atoms with E-state index in [9.17, 15) is 9.90 Å². The van der Waals surface area contributed by atoms with E-state index in [1.54, 1.807) is 0 Å². The van der Waals surface area contributed by atoms with Crippen LogP contribution in [0, 0.1) is 5.92 Å². The van der Waals surface area contributed by atoms with Crippen LogP contribution < -0.4 is 5.32 Å². The predicted molar refractivity (Wildman–Crippen MR) is 75.9 cm³/mol. The van der Waals surface area contributed by atoms with E-state index in [4.69, 9.17) is 0 Å². The molecule has 0 rings (SSSR count). The molecular weight excluding hydrogens is 228 g/mol. The topological polar surface area (TPSA) is 52.6 Å². The van der Waals surface area contributed by atoms with Gasteiger partial charge in [-0.3, -0.25) is 9.69 Å². The van der Waals surface area contributed by atoms with Crippen LogP contribution in [-0.2, 0) is 4.79 Å². The van der Waals surface area contributed by atoms with Crippen LogP contribution in [0.3, 0.4) is 0 Å². The molecule has 18 heavy (non-hydrogen) atoms. The number of nitrogens with zero attached hydrogens (tertiary/aromatic N) is 1. The minimum atomic E-state index is -0.753. The van der Waals surface area contributed by atoms with Gasteiger partial charge in [0.05, 0.1) is 0 Å². The molecule has 1 unspecified atom stereocenters. The Kier molecular flexibility index (Phi) is 9.02. The van der Waals surface area contributed by atoms with Crippen LogP contribution in [0.4, 0.5) is 0 Å². The number of aliphatic carboxylic acids is 1. The van der Waals surface area contributed by atoms with Crippen LogP contribution in [0.2, 0.25) is 0 Å². The minimum absolute atomic E-state index is 0.464. The maximum absolute atomic E-state index is 11.2. The van der Waals surface area contributed by atoms with Gasteiger partial charge in [-0.1, -0.05) is 34.6 Å². The van der Waals surface area contributed by atoms with Crippen LogP contribution in [0.1, 0.15) is 47.5 Å². The molecule has 1 atom stereocenters. The number of likely N-dealkylation sites (N-methyl/N-ethyl adjacent to an activating group) is 1. The molecule has 0 aliphatic rings. The Balaban J connectivity index is 4.67. The van der Waals surface area contributed by atoms with E-state index in [2.05, 4.69) is 37.9 Å². The maximum Gasteiger partial charge on any atom is 0.322 e. The third-order valence-electron chi connectivity index (χ3n) is 3.22. The first-order valence-electron chi connectivity index (χ1n) is 7.16. The number of nitrogens with one attached hydrogen (secondary N) is 1. The number of carbonyl (C=O) groups is 1. The van der Waals surface area contributed by atoms with E-state index < -0.39 is 12.0 Å². The average molecular weight is 258 g/mol. The van der Waals surface area contributed by atoms with Gasteiger partial charge in [0.25, 0.3) is 0 Å². The predicted octanol–water partition coefficient (Wildman–Crippen LogP) is 2.20. The first kappa shape index (κ1) is 17.4. The van der Waals surface area contributed by atoms with Gasteiger partial charge in [0, 0.05) is 19.1 Å². The summed E-state index contributed by atoms with van der Waals surface area (Å²) in [6.07, 6.45) is 2.14. The number of rotatable bonds is 10. The van der Waals surface area contributed by atoms with Crippen molar-refractivity contribution in [1.82, 2.24) is 10.2 Å². The first-order valence-corrected chi connectivity index (χ1v) is 7.16. The summed E-state index contributed by atoms with van der Waals surface area (Å²) in [4.78, 5) is 13.5. The molecule has 4 heteroatoms. The summed E-state index contributed by atoms with van der Waals surface area (Å²) in [5.41, 5.74) is 0. The van der Waals surface area contributed by atoms with Crippen LogP contribution in [-0.4, -0.2) is 47.7 Å². The van der Waals surface area contributed by atoms with Crippen molar-refractivity contribution in [1.29, 1.82) is 0 Å². The Labute approximate surface area is 112 Å². The van der Waals surface area contributed by atoms with E-state index in [-0.39, 0.29) is 0 Å². The van der Waals surface area contributed by atoms with Crippen molar-refractivity contribution in [3.05, 3.63) is 0 Å². The molecule has 0 aromatic carbocycles. The van der Waals surface area contributed by atoms with Gasteiger partial charge in [0.2, 0.25) is 0 Å². The first-order chi connectivity index (χ1) is 8.46. The Hall–Kier alpha value is -0.610. The minimum Gasteiger partial charge on any atom is -0.480 e. The fourth-order valence-electron chi connectivity index (χ4n) is 2.36. The highest BCUT2D eigenvalue weighted by Crippen LogP contribution is 2.12. The van der Waals surface area contributed by atoms with E-state index >= 15 is 0 Å². The van der Waals surface area contributed by atoms with Crippen molar-refractivity contribution >= 4 is 5.97 Å². The largest absolute Gasteiger partial charge is 0.480 e. The normalized spacial score (nSPS) is 13.6. The average Bonchev–Trinajstić information content (AvgIpc) is 2.28. The Bertz CT molecular complexity index is 228. The summed E-state index contributed by atoms with van der Waals surface area (Å²) in [6.45, 7) is 12.9. The number of carboxylic acids is 1. The molecule has 0 amide bonds. The van der Waals surface area contributed by atoms with Crippen molar-refractivity contribution < 1.29 is 9.90 Å². The van der Waals surface area contributed by atoms with Gasteiger partial charge < -0.3 is 10.4 Å². The molecular formula is C14H30N2O2. The molecule has 0 aromatic heterocycles. The van der Waals surface area contributed by atoms with Gasteiger partial charge in [-0.25, -0.2) is 0 Å². The third kappa shape index (κ3) is 6.36. The fourth-order valence-corrected chi connectivity index (χ4v) is 2.36. The zero-order valence-corrected chi connectivity index (χ0v) is 12.6. The SMILES string of the molecule is CCNC(CN(CC(C)C)C(CC)CC)C(=O)O. The second kappa shape index (κ2) is 9.34. The van der Waals surface area contributed by atoms with Crippen LogP contribution in [0.25, 0.3) is 0 Å². The molecule has 0 saturated heterocycles. The molecule has 0 aliphatic carbocycles.